The number of amides is 2. The molecule has 0 radical (unpaired) electrons. The second-order valence-electron chi connectivity index (χ2n) is 6.62. The van der Waals surface area contributed by atoms with Crippen molar-refractivity contribution in [2.75, 3.05) is 25.0 Å². The first-order valence-electron chi connectivity index (χ1n) is 8.56. The largest absolute Gasteiger partial charge is 0.491 e. The zero-order valence-electron chi connectivity index (χ0n) is 15.1. The van der Waals surface area contributed by atoms with Crippen molar-refractivity contribution in [1.29, 1.82) is 0 Å². The quantitative estimate of drug-likeness (QED) is 0.529. The lowest BCUT2D eigenvalue weighted by molar-refractivity contribution is 0.104. The number of carbonyl (C=O) groups excluding carboxylic acids is 1. The average molecular weight is 337 g/mol. The monoisotopic (exact) mass is 337 g/mol. The van der Waals surface area contributed by atoms with Crippen LogP contribution in [-0.4, -0.2) is 43.0 Å². The zero-order valence-corrected chi connectivity index (χ0v) is 15.1. The number of aliphatic hydroxyl groups excluding tert-OH is 1. The van der Waals surface area contributed by atoms with Crippen LogP contribution in [0, 0.1) is 5.92 Å². The van der Waals surface area contributed by atoms with Crippen LogP contribution in [0.4, 0.5) is 10.5 Å². The molecule has 1 aromatic carbocycles. The van der Waals surface area contributed by atoms with E-state index in [-0.39, 0.29) is 12.6 Å². The van der Waals surface area contributed by atoms with Gasteiger partial charge < -0.3 is 25.8 Å². The lowest BCUT2D eigenvalue weighted by Gasteiger charge is -2.15. The van der Waals surface area contributed by atoms with E-state index in [1.807, 2.05) is 13.8 Å². The number of anilines is 1. The fourth-order valence-corrected chi connectivity index (χ4v) is 1.91. The summed E-state index contributed by atoms with van der Waals surface area (Å²) < 4.78 is 5.53. The molecule has 4 N–H and O–H groups in total. The summed E-state index contributed by atoms with van der Waals surface area (Å²) in [6.07, 6.45) is 0.394. The topological polar surface area (TPSA) is 82.6 Å². The summed E-state index contributed by atoms with van der Waals surface area (Å²) in [6.45, 7) is 9.67. The van der Waals surface area contributed by atoms with Crippen LogP contribution in [0.3, 0.4) is 0 Å². The summed E-state index contributed by atoms with van der Waals surface area (Å²) in [5.41, 5.74) is 0.700. The fraction of sp³-hybridized carbons (Fsp3) is 0.611. The minimum Gasteiger partial charge on any atom is -0.491 e. The first kappa shape index (κ1) is 20.3. The number of benzene rings is 1. The Morgan fingerprint density at radius 2 is 1.83 bits per heavy atom. The SMILES string of the molecule is CC(C)CCNC(=O)Nc1ccc(OCC(O)CNC(C)C)cc1. The molecule has 0 fully saturated rings. The molecule has 6 nitrogen and oxygen atoms in total. The molecule has 0 aromatic heterocycles. The number of carbonyl (C=O) groups is 1. The van der Waals surface area contributed by atoms with Gasteiger partial charge in [0, 0.05) is 24.8 Å². The van der Waals surface area contributed by atoms with Gasteiger partial charge in [0.2, 0.25) is 0 Å². The third-order valence-corrected chi connectivity index (χ3v) is 3.32. The van der Waals surface area contributed by atoms with Crippen LogP contribution in [0.5, 0.6) is 5.75 Å². The van der Waals surface area contributed by atoms with Crippen molar-refractivity contribution in [2.24, 2.45) is 5.92 Å². The molecule has 0 heterocycles. The molecule has 1 aromatic rings. The van der Waals surface area contributed by atoms with E-state index in [9.17, 15) is 9.90 Å². The molecule has 24 heavy (non-hydrogen) atoms. The summed E-state index contributed by atoms with van der Waals surface area (Å²) in [5.74, 6) is 1.22. The minimum atomic E-state index is -0.558. The van der Waals surface area contributed by atoms with E-state index in [1.165, 1.54) is 0 Å². The summed E-state index contributed by atoms with van der Waals surface area (Å²) >= 11 is 0. The van der Waals surface area contributed by atoms with Crippen LogP contribution in [-0.2, 0) is 0 Å². The van der Waals surface area contributed by atoms with Gasteiger partial charge >= 0.3 is 6.03 Å². The van der Waals surface area contributed by atoms with Crippen molar-refractivity contribution in [1.82, 2.24) is 10.6 Å². The summed E-state index contributed by atoms with van der Waals surface area (Å²) in [6, 6.07) is 7.21. The minimum absolute atomic E-state index is 0.209. The molecule has 2 amide bonds. The third kappa shape index (κ3) is 9.37. The molecule has 0 aliphatic rings. The Bertz CT molecular complexity index is 475. The normalized spacial score (nSPS) is 12.3. The molecule has 1 rings (SSSR count). The molecule has 136 valence electrons. The van der Waals surface area contributed by atoms with Crippen LogP contribution in [0.1, 0.15) is 34.1 Å². The van der Waals surface area contributed by atoms with E-state index < -0.39 is 6.10 Å². The average Bonchev–Trinajstić information content (AvgIpc) is 2.51. The Labute approximate surface area is 145 Å². The summed E-state index contributed by atoms with van der Waals surface area (Å²) in [5, 5.41) is 18.5. The van der Waals surface area contributed by atoms with Crippen molar-refractivity contribution in [3.63, 3.8) is 0 Å². The lowest BCUT2D eigenvalue weighted by Crippen LogP contribution is -2.35. The standard InChI is InChI=1S/C18H31N3O3/c1-13(2)9-10-19-18(23)21-15-5-7-17(8-6-15)24-12-16(22)11-20-14(3)4/h5-8,13-14,16,20,22H,9-12H2,1-4H3,(H2,19,21,23). The molecule has 0 aliphatic heterocycles. The molecule has 0 aliphatic carbocycles. The van der Waals surface area contributed by atoms with Gasteiger partial charge in [-0.15, -0.1) is 0 Å². The van der Waals surface area contributed by atoms with Crippen LogP contribution in [0.25, 0.3) is 0 Å². The predicted octanol–water partition coefficient (Wildman–Crippen LogP) is 2.59. The van der Waals surface area contributed by atoms with E-state index in [0.717, 1.165) is 6.42 Å². The fourth-order valence-electron chi connectivity index (χ4n) is 1.91. The molecule has 0 spiro atoms. The number of ether oxygens (including phenoxy) is 1. The van der Waals surface area contributed by atoms with E-state index in [1.54, 1.807) is 24.3 Å². The molecular formula is C18H31N3O3. The highest BCUT2D eigenvalue weighted by Crippen LogP contribution is 2.15. The number of hydrogen-bond donors (Lipinski definition) is 4. The van der Waals surface area contributed by atoms with Crippen molar-refractivity contribution >= 4 is 11.7 Å². The number of hydrogen-bond acceptors (Lipinski definition) is 4. The van der Waals surface area contributed by atoms with Gasteiger partial charge in [-0.05, 0) is 36.6 Å². The van der Waals surface area contributed by atoms with Gasteiger partial charge in [-0.3, -0.25) is 0 Å². The molecule has 1 unspecified atom stereocenters. The number of urea groups is 1. The van der Waals surface area contributed by atoms with Gasteiger partial charge in [0.05, 0.1) is 0 Å². The van der Waals surface area contributed by atoms with Gasteiger partial charge in [0.15, 0.2) is 0 Å². The molecular weight excluding hydrogens is 306 g/mol. The Morgan fingerprint density at radius 3 is 2.42 bits per heavy atom. The third-order valence-electron chi connectivity index (χ3n) is 3.32. The molecule has 1 atom stereocenters. The van der Waals surface area contributed by atoms with Crippen LogP contribution in [0.2, 0.25) is 0 Å². The first-order chi connectivity index (χ1) is 11.4. The van der Waals surface area contributed by atoms with Crippen LogP contribution in [0.15, 0.2) is 24.3 Å². The highest BCUT2D eigenvalue weighted by Gasteiger charge is 2.06. The number of aliphatic hydroxyl groups is 1. The lowest BCUT2D eigenvalue weighted by atomic mass is 10.1. The predicted molar refractivity (Wildman–Crippen MR) is 97.6 cm³/mol. The van der Waals surface area contributed by atoms with Crippen LogP contribution >= 0.6 is 0 Å². The highest BCUT2D eigenvalue weighted by atomic mass is 16.5. The number of rotatable bonds is 10. The molecule has 0 bridgehead atoms. The van der Waals surface area contributed by atoms with E-state index in [4.69, 9.17) is 4.74 Å². The smallest absolute Gasteiger partial charge is 0.319 e. The van der Waals surface area contributed by atoms with E-state index in [2.05, 4.69) is 29.8 Å². The Kier molecular flexibility index (Phi) is 9.19. The Morgan fingerprint density at radius 1 is 1.17 bits per heavy atom. The molecule has 0 saturated carbocycles. The van der Waals surface area contributed by atoms with Crippen molar-refractivity contribution in [3.8, 4) is 5.75 Å². The maximum absolute atomic E-state index is 11.7. The summed E-state index contributed by atoms with van der Waals surface area (Å²) in [4.78, 5) is 11.7. The van der Waals surface area contributed by atoms with Gasteiger partial charge in [0.25, 0.3) is 0 Å². The van der Waals surface area contributed by atoms with Crippen molar-refractivity contribution in [3.05, 3.63) is 24.3 Å². The zero-order chi connectivity index (χ0) is 17.9. The molecule has 0 saturated heterocycles. The maximum atomic E-state index is 11.7. The maximum Gasteiger partial charge on any atom is 0.319 e. The Hall–Kier alpha value is -1.79. The van der Waals surface area contributed by atoms with Crippen LogP contribution < -0.4 is 20.7 Å². The van der Waals surface area contributed by atoms with Gasteiger partial charge in [-0.2, -0.15) is 0 Å². The number of nitrogens with one attached hydrogen (secondary N) is 3. The van der Waals surface area contributed by atoms with Crippen molar-refractivity contribution < 1.29 is 14.6 Å². The summed E-state index contributed by atoms with van der Waals surface area (Å²) in [7, 11) is 0. The Balaban J connectivity index is 2.31. The molecule has 6 heteroatoms. The first-order valence-corrected chi connectivity index (χ1v) is 8.56. The van der Waals surface area contributed by atoms with Gasteiger partial charge in [-0.1, -0.05) is 27.7 Å². The van der Waals surface area contributed by atoms with E-state index in [0.29, 0.717) is 36.5 Å². The second kappa shape index (κ2) is 10.9. The van der Waals surface area contributed by atoms with Gasteiger partial charge in [0.1, 0.15) is 18.5 Å². The second-order valence-corrected chi connectivity index (χ2v) is 6.62. The highest BCUT2D eigenvalue weighted by molar-refractivity contribution is 5.89. The van der Waals surface area contributed by atoms with Crippen molar-refractivity contribution in [2.45, 2.75) is 46.3 Å². The van der Waals surface area contributed by atoms with Gasteiger partial charge in [-0.25, -0.2) is 4.79 Å². The van der Waals surface area contributed by atoms with E-state index >= 15 is 0 Å².